The largest absolute Gasteiger partial charge is 0.356 e. The van der Waals surface area contributed by atoms with Gasteiger partial charge in [0.25, 0.3) is 0 Å². The summed E-state index contributed by atoms with van der Waals surface area (Å²) in [7, 11) is 3.80. The van der Waals surface area contributed by atoms with Crippen LogP contribution >= 0.6 is 11.3 Å². The maximum atomic E-state index is 12.5. The molecule has 1 N–H and O–H groups in total. The van der Waals surface area contributed by atoms with Crippen molar-refractivity contribution in [3.63, 3.8) is 0 Å². The van der Waals surface area contributed by atoms with E-state index in [1.807, 2.05) is 11.9 Å². The number of aryl methyl sites for hydroxylation is 1. The topological polar surface area (TPSA) is 47.9 Å². The van der Waals surface area contributed by atoms with Gasteiger partial charge in [0.05, 0.1) is 0 Å². The normalized spacial score (nSPS) is 14.0. The summed E-state index contributed by atoms with van der Waals surface area (Å²) in [5, 5.41) is 5.44. The maximum absolute atomic E-state index is 12.5. The lowest BCUT2D eigenvalue weighted by Gasteiger charge is -2.27. The van der Waals surface area contributed by atoms with Gasteiger partial charge in [-0.25, -0.2) is 0 Å². The second-order valence-corrected chi connectivity index (χ2v) is 7.94. The van der Waals surface area contributed by atoms with Gasteiger partial charge in [-0.05, 0) is 41.5 Å². The Kier molecular flexibility index (Phi) is 6.50. The smallest absolute Gasteiger partial charge is 0.224 e. The standard InChI is InChI=1S/C21H28N4OS/c1-16-6-4-5-7-17(16)14-24(3)21(22-2)23-11-8-20(26)25-12-9-19-18(15-25)10-13-27-19/h4-7,10,13H,8-9,11-12,14-15H2,1-3H3,(H,22,23). The number of hydrogen-bond acceptors (Lipinski definition) is 3. The number of nitrogens with zero attached hydrogens (tertiary/aromatic N) is 3. The van der Waals surface area contributed by atoms with Crippen molar-refractivity contribution in [3.8, 4) is 0 Å². The van der Waals surface area contributed by atoms with Gasteiger partial charge < -0.3 is 15.1 Å². The summed E-state index contributed by atoms with van der Waals surface area (Å²) in [4.78, 5) is 22.4. The molecule has 0 fully saturated rings. The predicted octanol–water partition coefficient (Wildman–Crippen LogP) is 3.04. The highest BCUT2D eigenvalue weighted by atomic mass is 32.1. The van der Waals surface area contributed by atoms with Crippen LogP contribution in [-0.2, 0) is 24.3 Å². The van der Waals surface area contributed by atoms with Crippen LogP contribution in [0, 0.1) is 6.92 Å². The Morgan fingerprint density at radius 1 is 1.33 bits per heavy atom. The first-order valence-electron chi connectivity index (χ1n) is 9.38. The molecule has 3 rings (SSSR count). The third-order valence-corrected chi connectivity index (χ3v) is 6.05. The van der Waals surface area contributed by atoms with Crippen molar-refractivity contribution in [3.05, 3.63) is 57.3 Å². The van der Waals surface area contributed by atoms with E-state index in [0.717, 1.165) is 32.0 Å². The van der Waals surface area contributed by atoms with Crippen LogP contribution in [0.1, 0.15) is 28.0 Å². The number of amides is 1. The average Bonchev–Trinajstić information content (AvgIpc) is 3.14. The minimum Gasteiger partial charge on any atom is -0.356 e. The molecule has 1 aromatic carbocycles. The van der Waals surface area contributed by atoms with Crippen LogP contribution in [0.3, 0.4) is 0 Å². The summed E-state index contributed by atoms with van der Waals surface area (Å²) in [6, 6.07) is 10.5. The van der Waals surface area contributed by atoms with E-state index in [4.69, 9.17) is 0 Å². The molecular formula is C21H28N4OS. The molecule has 0 aliphatic carbocycles. The van der Waals surface area contributed by atoms with Gasteiger partial charge >= 0.3 is 0 Å². The van der Waals surface area contributed by atoms with Crippen LogP contribution < -0.4 is 5.32 Å². The number of carbonyl (C=O) groups is 1. The predicted molar refractivity (Wildman–Crippen MR) is 112 cm³/mol. The first-order chi connectivity index (χ1) is 13.1. The molecule has 1 aliphatic rings. The zero-order chi connectivity index (χ0) is 19.2. The summed E-state index contributed by atoms with van der Waals surface area (Å²) >= 11 is 1.80. The van der Waals surface area contributed by atoms with Crippen LogP contribution in [0.4, 0.5) is 0 Å². The van der Waals surface area contributed by atoms with E-state index in [2.05, 4.69) is 57.8 Å². The van der Waals surface area contributed by atoms with Crippen molar-refractivity contribution in [1.82, 2.24) is 15.1 Å². The van der Waals surface area contributed by atoms with Crippen LogP contribution in [0.25, 0.3) is 0 Å². The molecule has 0 spiro atoms. The van der Waals surface area contributed by atoms with Gasteiger partial charge in [0.2, 0.25) is 5.91 Å². The third kappa shape index (κ3) is 4.89. The van der Waals surface area contributed by atoms with Gasteiger partial charge in [0.1, 0.15) is 0 Å². The molecule has 2 heterocycles. The molecule has 0 saturated carbocycles. The highest BCUT2D eigenvalue weighted by molar-refractivity contribution is 7.10. The molecule has 0 saturated heterocycles. The lowest BCUT2D eigenvalue weighted by atomic mass is 10.1. The van der Waals surface area contributed by atoms with Crippen LogP contribution in [0.2, 0.25) is 0 Å². The van der Waals surface area contributed by atoms with E-state index >= 15 is 0 Å². The van der Waals surface area contributed by atoms with E-state index in [9.17, 15) is 4.79 Å². The van der Waals surface area contributed by atoms with E-state index in [-0.39, 0.29) is 5.91 Å². The fourth-order valence-electron chi connectivity index (χ4n) is 3.40. The van der Waals surface area contributed by atoms with Crippen molar-refractivity contribution in [2.75, 3.05) is 27.2 Å². The summed E-state index contributed by atoms with van der Waals surface area (Å²) in [5.74, 6) is 1.01. The Labute approximate surface area is 165 Å². The number of guanidine groups is 1. The Hall–Kier alpha value is -2.34. The fourth-order valence-corrected chi connectivity index (χ4v) is 4.29. The molecule has 6 heteroatoms. The highest BCUT2D eigenvalue weighted by Crippen LogP contribution is 2.24. The molecule has 0 unspecified atom stereocenters. The molecule has 1 amide bonds. The summed E-state index contributed by atoms with van der Waals surface area (Å²) < 4.78 is 0. The number of fused-ring (bicyclic) bond motifs is 1. The Balaban J connectivity index is 1.47. The van der Waals surface area contributed by atoms with Crippen LogP contribution in [0.15, 0.2) is 40.7 Å². The van der Waals surface area contributed by atoms with Crippen molar-refractivity contribution in [2.45, 2.75) is 32.9 Å². The van der Waals surface area contributed by atoms with Gasteiger partial charge in [-0.1, -0.05) is 24.3 Å². The summed E-state index contributed by atoms with van der Waals surface area (Å²) in [6.45, 7) is 5.08. The van der Waals surface area contributed by atoms with Crippen molar-refractivity contribution in [2.24, 2.45) is 4.99 Å². The lowest BCUT2D eigenvalue weighted by Crippen LogP contribution is -2.41. The molecule has 0 radical (unpaired) electrons. The highest BCUT2D eigenvalue weighted by Gasteiger charge is 2.21. The molecule has 27 heavy (non-hydrogen) atoms. The van der Waals surface area contributed by atoms with Crippen molar-refractivity contribution < 1.29 is 4.79 Å². The molecule has 2 aromatic rings. The van der Waals surface area contributed by atoms with E-state index in [1.54, 1.807) is 18.4 Å². The zero-order valence-electron chi connectivity index (χ0n) is 16.4. The number of carbonyl (C=O) groups excluding carboxylic acids is 1. The molecule has 0 bridgehead atoms. The van der Waals surface area contributed by atoms with Crippen molar-refractivity contribution >= 4 is 23.2 Å². The van der Waals surface area contributed by atoms with Gasteiger partial charge in [0.15, 0.2) is 5.96 Å². The summed E-state index contributed by atoms with van der Waals surface area (Å²) in [6.07, 6.45) is 1.46. The number of rotatable bonds is 5. The fraction of sp³-hybridized carbons (Fsp3) is 0.429. The van der Waals surface area contributed by atoms with Gasteiger partial charge in [-0.15, -0.1) is 11.3 Å². The lowest BCUT2D eigenvalue weighted by molar-refractivity contribution is -0.131. The van der Waals surface area contributed by atoms with Crippen molar-refractivity contribution in [1.29, 1.82) is 0 Å². The number of thiophene rings is 1. The van der Waals surface area contributed by atoms with E-state index in [0.29, 0.717) is 13.0 Å². The second kappa shape index (κ2) is 9.04. The second-order valence-electron chi connectivity index (χ2n) is 6.94. The SMILES string of the molecule is CN=C(NCCC(=O)N1CCc2sccc2C1)N(C)Cc1ccccc1C. The first kappa shape index (κ1) is 19.4. The monoisotopic (exact) mass is 384 g/mol. The minimum absolute atomic E-state index is 0.205. The molecule has 0 atom stereocenters. The number of benzene rings is 1. The zero-order valence-corrected chi connectivity index (χ0v) is 17.2. The molecule has 1 aliphatic heterocycles. The molecule has 1 aromatic heterocycles. The first-order valence-corrected chi connectivity index (χ1v) is 10.3. The average molecular weight is 385 g/mol. The molecule has 144 valence electrons. The summed E-state index contributed by atoms with van der Waals surface area (Å²) in [5.41, 5.74) is 3.85. The molecular weight excluding hydrogens is 356 g/mol. The van der Waals surface area contributed by atoms with Gasteiger partial charge in [-0.2, -0.15) is 0 Å². The van der Waals surface area contributed by atoms with Gasteiger partial charge in [-0.3, -0.25) is 9.79 Å². The van der Waals surface area contributed by atoms with E-state index in [1.165, 1.54) is 21.6 Å². The maximum Gasteiger partial charge on any atom is 0.224 e. The minimum atomic E-state index is 0.205. The third-order valence-electron chi connectivity index (χ3n) is 5.02. The number of aliphatic imine (C=N–C) groups is 1. The Morgan fingerprint density at radius 2 is 2.15 bits per heavy atom. The van der Waals surface area contributed by atoms with Crippen LogP contribution in [0.5, 0.6) is 0 Å². The number of hydrogen-bond donors (Lipinski definition) is 1. The number of nitrogens with one attached hydrogen (secondary N) is 1. The Morgan fingerprint density at radius 3 is 2.93 bits per heavy atom. The van der Waals surface area contributed by atoms with Crippen LogP contribution in [-0.4, -0.2) is 48.9 Å². The quantitative estimate of drug-likeness (QED) is 0.637. The van der Waals surface area contributed by atoms with Gasteiger partial charge in [0, 0.05) is 51.6 Å². The van der Waals surface area contributed by atoms with E-state index < -0.39 is 0 Å². The molecule has 5 nitrogen and oxygen atoms in total. The Bertz CT molecular complexity index is 814.